The Kier molecular flexibility index (Phi) is 6.12. The van der Waals surface area contributed by atoms with Gasteiger partial charge in [0, 0.05) is 32.0 Å². The number of likely N-dealkylation sites (tertiary alicyclic amines) is 1. The molecule has 5 nitrogen and oxygen atoms in total. The van der Waals surface area contributed by atoms with E-state index in [0.29, 0.717) is 19.6 Å². The molecule has 1 atom stereocenters. The Labute approximate surface area is 109 Å². The molecule has 0 spiro atoms. The van der Waals surface area contributed by atoms with Gasteiger partial charge in [0.25, 0.3) is 0 Å². The van der Waals surface area contributed by atoms with Gasteiger partial charge in [0.1, 0.15) is 0 Å². The summed E-state index contributed by atoms with van der Waals surface area (Å²) < 4.78 is 0. The standard InChI is InChI=1S/C13H24N2O3/c1-3-14-9-10(2)13(18)15-6-4-11(5-7-15)8-12(16)17/h10-11,14H,3-9H2,1-2H3,(H,16,17). The summed E-state index contributed by atoms with van der Waals surface area (Å²) in [6.07, 6.45) is 1.85. The smallest absolute Gasteiger partial charge is 0.303 e. The largest absolute Gasteiger partial charge is 0.481 e. The highest BCUT2D eigenvalue weighted by Gasteiger charge is 2.26. The third-order valence-electron chi connectivity index (χ3n) is 3.51. The molecule has 0 aliphatic carbocycles. The minimum absolute atomic E-state index is 0.000902. The molecule has 0 aromatic rings. The molecule has 0 bridgehead atoms. The molecule has 0 aromatic heterocycles. The second-order valence-electron chi connectivity index (χ2n) is 5.08. The van der Waals surface area contributed by atoms with Crippen molar-refractivity contribution in [2.45, 2.75) is 33.1 Å². The van der Waals surface area contributed by atoms with Gasteiger partial charge in [-0.2, -0.15) is 0 Å². The molecule has 1 aliphatic heterocycles. The van der Waals surface area contributed by atoms with Gasteiger partial charge in [-0.3, -0.25) is 9.59 Å². The molecule has 1 aliphatic rings. The number of carbonyl (C=O) groups excluding carboxylic acids is 1. The molecule has 0 radical (unpaired) electrons. The number of nitrogens with zero attached hydrogens (tertiary/aromatic N) is 1. The predicted octanol–water partition coefficient (Wildman–Crippen LogP) is 0.945. The lowest BCUT2D eigenvalue weighted by Gasteiger charge is -2.33. The van der Waals surface area contributed by atoms with E-state index in [4.69, 9.17) is 5.11 Å². The number of piperidine rings is 1. The van der Waals surface area contributed by atoms with E-state index in [1.54, 1.807) is 0 Å². The van der Waals surface area contributed by atoms with Crippen molar-refractivity contribution in [1.29, 1.82) is 0 Å². The van der Waals surface area contributed by atoms with Crippen LogP contribution >= 0.6 is 0 Å². The zero-order valence-corrected chi connectivity index (χ0v) is 11.3. The maximum atomic E-state index is 12.1. The number of carbonyl (C=O) groups is 2. The zero-order valence-electron chi connectivity index (χ0n) is 11.3. The third kappa shape index (κ3) is 4.64. The Morgan fingerprint density at radius 1 is 1.39 bits per heavy atom. The maximum Gasteiger partial charge on any atom is 0.303 e. The van der Waals surface area contributed by atoms with Crippen molar-refractivity contribution in [3.63, 3.8) is 0 Å². The molecule has 1 heterocycles. The van der Waals surface area contributed by atoms with Crippen molar-refractivity contribution < 1.29 is 14.7 Å². The summed E-state index contributed by atoms with van der Waals surface area (Å²) in [7, 11) is 0. The molecule has 1 amide bonds. The first-order valence-electron chi connectivity index (χ1n) is 6.75. The van der Waals surface area contributed by atoms with E-state index in [2.05, 4.69) is 5.32 Å². The van der Waals surface area contributed by atoms with Crippen LogP contribution in [-0.4, -0.2) is 48.1 Å². The van der Waals surface area contributed by atoms with Gasteiger partial charge in [-0.15, -0.1) is 0 Å². The predicted molar refractivity (Wildman–Crippen MR) is 69.3 cm³/mol. The number of rotatable bonds is 6. The highest BCUT2D eigenvalue weighted by atomic mass is 16.4. The number of carboxylic acid groups (broad SMARTS) is 1. The van der Waals surface area contributed by atoms with Crippen LogP contribution < -0.4 is 5.32 Å². The van der Waals surface area contributed by atoms with Crippen molar-refractivity contribution in [2.75, 3.05) is 26.2 Å². The lowest BCUT2D eigenvalue weighted by molar-refractivity contribution is -0.139. The van der Waals surface area contributed by atoms with Crippen LogP contribution in [0.1, 0.15) is 33.1 Å². The van der Waals surface area contributed by atoms with Gasteiger partial charge in [0.05, 0.1) is 0 Å². The Hall–Kier alpha value is -1.10. The van der Waals surface area contributed by atoms with Gasteiger partial charge in [-0.1, -0.05) is 13.8 Å². The van der Waals surface area contributed by atoms with E-state index >= 15 is 0 Å². The van der Waals surface area contributed by atoms with Crippen molar-refractivity contribution in [1.82, 2.24) is 10.2 Å². The molecule has 18 heavy (non-hydrogen) atoms. The van der Waals surface area contributed by atoms with Crippen LogP contribution in [0.15, 0.2) is 0 Å². The number of amides is 1. The average Bonchev–Trinajstić information content (AvgIpc) is 2.35. The van der Waals surface area contributed by atoms with Crippen molar-refractivity contribution >= 4 is 11.9 Å². The van der Waals surface area contributed by atoms with Crippen LogP contribution in [0.3, 0.4) is 0 Å². The second kappa shape index (κ2) is 7.36. The summed E-state index contributed by atoms with van der Waals surface area (Å²) in [6, 6.07) is 0. The molecule has 1 rings (SSSR count). The summed E-state index contributed by atoms with van der Waals surface area (Å²) in [5.74, 6) is -0.318. The molecule has 0 aromatic carbocycles. The number of hydrogen-bond donors (Lipinski definition) is 2. The Morgan fingerprint density at radius 2 is 2.00 bits per heavy atom. The minimum atomic E-state index is -0.736. The summed E-state index contributed by atoms with van der Waals surface area (Å²) in [6.45, 7) is 6.95. The second-order valence-corrected chi connectivity index (χ2v) is 5.08. The lowest BCUT2D eigenvalue weighted by Crippen LogP contribution is -2.43. The van der Waals surface area contributed by atoms with Gasteiger partial charge >= 0.3 is 5.97 Å². The normalized spacial score (nSPS) is 18.7. The Morgan fingerprint density at radius 3 is 2.50 bits per heavy atom. The highest BCUT2D eigenvalue weighted by Crippen LogP contribution is 2.21. The molecule has 104 valence electrons. The number of aliphatic carboxylic acids is 1. The van der Waals surface area contributed by atoms with Crippen LogP contribution in [0.2, 0.25) is 0 Å². The number of nitrogens with one attached hydrogen (secondary N) is 1. The van der Waals surface area contributed by atoms with E-state index in [1.807, 2.05) is 18.7 Å². The summed E-state index contributed by atoms with van der Waals surface area (Å²) in [5, 5.41) is 11.9. The summed E-state index contributed by atoms with van der Waals surface area (Å²) >= 11 is 0. The molecule has 1 fully saturated rings. The zero-order chi connectivity index (χ0) is 13.5. The molecule has 2 N–H and O–H groups in total. The summed E-state index contributed by atoms with van der Waals surface area (Å²) in [5.41, 5.74) is 0. The van der Waals surface area contributed by atoms with Gasteiger partial charge < -0.3 is 15.3 Å². The van der Waals surface area contributed by atoms with Crippen molar-refractivity contribution in [2.24, 2.45) is 11.8 Å². The van der Waals surface area contributed by atoms with E-state index < -0.39 is 5.97 Å². The summed E-state index contributed by atoms with van der Waals surface area (Å²) in [4.78, 5) is 24.6. The molecule has 1 saturated heterocycles. The van der Waals surface area contributed by atoms with Crippen LogP contribution in [0.5, 0.6) is 0 Å². The van der Waals surface area contributed by atoms with E-state index in [9.17, 15) is 9.59 Å². The Bertz CT molecular complexity index is 286. The monoisotopic (exact) mass is 256 g/mol. The van der Waals surface area contributed by atoms with E-state index in [1.165, 1.54) is 0 Å². The minimum Gasteiger partial charge on any atom is -0.481 e. The van der Waals surface area contributed by atoms with Crippen LogP contribution in [0.4, 0.5) is 0 Å². The first-order valence-corrected chi connectivity index (χ1v) is 6.75. The fraction of sp³-hybridized carbons (Fsp3) is 0.846. The van der Waals surface area contributed by atoms with Crippen molar-refractivity contribution in [3.05, 3.63) is 0 Å². The number of hydrogen-bond acceptors (Lipinski definition) is 3. The van der Waals surface area contributed by atoms with Gasteiger partial charge in [0.2, 0.25) is 5.91 Å². The molecular formula is C13H24N2O3. The maximum absolute atomic E-state index is 12.1. The average molecular weight is 256 g/mol. The van der Waals surface area contributed by atoms with E-state index in [0.717, 1.165) is 19.4 Å². The fourth-order valence-corrected chi connectivity index (χ4v) is 2.36. The van der Waals surface area contributed by atoms with Gasteiger partial charge in [0.15, 0.2) is 0 Å². The molecule has 0 saturated carbocycles. The number of carboxylic acids is 1. The first kappa shape index (κ1) is 15.0. The molecule has 1 unspecified atom stereocenters. The SMILES string of the molecule is CCNCC(C)C(=O)N1CCC(CC(=O)O)CC1. The lowest BCUT2D eigenvalue weighted by atomic mass is 9.93. The van der Waals surface area contributed by atoms with E-state index in [-0.39, 0.29) is 24.2 Å². The molecular weight excluding hydrogens is 232 g/mol. The van der Waals surface area contributed by atoms with Crippen LogP contribution in [0, 0.1) is 11.8 Å². The fourth-order valence-electron chi connectivity index (χ4n) is 2.36. The first-order chi connectivity index (χ1) is 8.54. The van der Waals surface area contributed by atoms with Crippen molar-refractivity contribution in [3.8, 4) is 0 Å². The van der Waals surface area contributed by atoms with Crippen LogP contribution in [-0.2, 0) is 9.59 Å². The van der Waals surface area contributed by atoms with Gasteiger partial charge in [-0.25, -0.2) is 0 Å². The topological polar surface area (TPSA) is 69.6 Å². The van der Waals surface area contributed by atoms with Crippen LogP contribution in [0.25, 0.3) is 0 Å². The quantitative estimate of drug-likeness (QED) is 0.742. The highest BCUT2D eigenvalue weighted by molar-refractivity contribution is 5.78. The van der Waals surface area contributed by atoms with Gasteiger partial charge in [-0.05, 0) is 25.3 Å². The Balaban J connectivity index is 2.33. The molecule has 5 heteroatoms. The third-order valence-corrected chi connectivity index (χ3v) is 3.51.